The SMILES string of the molecule is O=C(c1ccc(Cl)c(N2C=CCNC2)c1)N1CCC(COCCN2CCNCC2)CC1. The number of piperazine rings is 1. The van der Waals surface area contributed by atoms with Gasteiger partial charge >= 0.3 is 0 Å². The number of hydrogen-bond acceptors (Lipinski definition) is 6. The zero-order valence-corrected chi connectivity index (χ0v) is 18.9. The van der Waals surface area contributed by atoms with Crippen LogP contribution >= 0.6 is 11.6 Å². The topological polar surface area (TPSA) is 60.1 Å². The quantitative estimate of drug-likeness (QED) is 0.623. The second-order valence-corrected chi connectivity index (χ2v) is 8.94. The molecule has 0 aromatic heterocycles. The molecular formula is C23H34ClN5O2. The molecule has 0 radical (unpaired) electrons. The van der Waals surface area contributed by atoms with Crippen molar-refractivity contribution in [2.24, 2.45) is 5.92 Å². The molecule has 3 aliphatic rings. The Morgan fingerprint density at radius 3 is 2.68 bits per heavy atom. The number of nitrogens with one attached hydrogen (secondary N) is 2. The lowest BCUT2D eigenvalue weighted by atomic mass is 9.97. The molecule has 0 spiro atoms. The third-order valence-corrected chi connectivity index (χ3v) is 6.67. The number of halogens is 1. The van der Waals surface area contributed by atoms with Gasteiger partial charge in [0, 0.05) is 70.7 Å². The van der Waals surface area contributed by atoms with Crippen molar-refractivity contribution in [3.63, 3.8) is 0 Å². The highest BCUT2D eigenvalue weighted by atomic mass is 35.5. The van der Waals surface area contributed by atoms with Gasteiger partial charge in [0.1, 0.15) is 0 Å². The first-order chi connectivity index (χ1) is 15.2. The highest BCUT2D eigenvalue weighted by molar-refractivity contribution is 6.33. The summed E-state index contributed by atoms with van der Waals surface area (Å²) in [6, 6.07) is 5.57. The van der Waals surface area contributed by atoms with E-state index in [1.807, 2.05) is 40.3 Å². The van der Waals surface area contributed by atoms with Gasteiger partial charge in [-0.15, -0.1) is 0 Å². The van der Waals surface area contributed by atoms with Crippen LogP contribution in [0.25, 0.3) is 0 Å². The summed E-state index contributed by atoms with van der Waals surface area (Å²) in [4.78, 5) is 19.5. The van der Waals surface area contributed by atoms with E-state index in [1.54, 1.807) is 0 Å². The van der Waals surface area contributed by atoms with Crippen LogP contribution in [0.15, 0.2) is 30.5 Å². The highest BCUT2D eigenvalue weighted by Gasteiger charge is 2.25. The minimum absolute atomic E-state index is 0.0879. The number of carbonyl (C=O) groups is 1. The number of carbonyl (C=O) groups excluding carboxylic acids is 1. The summed E-state index contributed by atoms with van der Waals surface area (Å²) in [7, 11) is 0. The van der Waals surface area contributed by atoms with Gasteiger partial charge in [0.25, 0.3) is 5.91 Å². The summed E-state index contributed by atoms with van der Waals surface area (Å²) in [6.45, 7) is 10.1. The molecule has 7 nitrogen and oxygen atoms in total. The van der Waals surface area contributed by atoms with Crippen molar-refractivity contribution in [3.05, 3.63) is 41.1 Å². The van der Waals surface area contributed by atoms with Crippen molar-refractivity contribution < 1.29 is 9.53 Å². The van der Waals surface area contributed by atoms with Crippen molar-refractivity contribution in [2.75, 3.05) is 77.1 Å². The minimum Gasteiger partial charge on any atom is -0.380 e. The number of piperidine rings is 1. The van der Waals surface area contributed by atoms with Crippen LogP contribution in [0.4, 0.5) is 5.69 Å². The Hall–Kier alpha value is -1.64. The normalized spacial score (nSPS) is 20.9. The van der Waals surface area contributed by atoms with Crippen LogP contribution in [-0.2, 0) is 4.74 Å². The van der Waals surface area contributed by atoms with E-state index in [0.29, 0.717) is 23.2 Å². The summed E-state index contributed by atoms with van der Waals surface area (Å²) in [5.41, 5.74) is 1.56. The first-order valence-electron chi connectivity index (χ1n) is 11.4. The number of nitrogens with zero attached hydrogens (tertiary/aromatic N) is 3. The monoisotopic (exact) mass is 447 g/mol. The van der Waals surface area contributed by atoms with E-state index in [9.17, 15) is 4.79 Å². The fourth-order valence-corrected chi connectivity index (χ4v) is 4.62. The minimum atomic E-state index is 0.0879. The van der Waals surface area contributed by atoms with E-state index in [4.69, 9.17) is 16.3 Å². The number of ether oxygens (including phenoxy) is 1. The van der Waals surface area contributed by atoms with E-state index < -0.39 is 0 Å². The van der Waals surface area contributed by atoms with Gasteiger partial charge in [-0.2, -0.15) is 0 Å². The average molecular weight is 448 g/mol. The van der Waals surface area contributed by atoms with Gasteiger partial charge in [-0.25, -0.2) is 0 Å². The molecule has 2 saturated heterocycles. The van der Waals surface area contributed by atoms with Gasteiger partial charge in [0.2, 0.25) is 0 Å². The summed E-state index contributed by atoms with van der Waals surface area (Å²) < 4.78 is 5.95. The molecule has 3 aliphatic heterocycles. The molecule has 8 heteroatoms. The smallest absolute Gasteiger partial charge is 0.253 e. The molecule has 0 aliphatic carbocycles. The molecule has 3 heterocycles. The Morgan fingerprint density at radius 1 is 1.13 bits per heavy atom. The standard InChI is InChI=1S/C23H34ClN5O2/c24-21-3-2-20(16-22(21)29-9-1-6-26-18-29)23(30)28-10-4-19(5-11-28)17-31-15-14-27-12-7-25-8-13-27/h1-3,9,16,19,25-26H,4-8,10-15,17-18H2. The molecular weight excluding hydrogens is 414 g/mol. The molecule has 1 aromatic carbocycles. The van der Waals surface area contributed by atoms with Crippen molar-refractivity contribution >= 4 is 23.2 Å². The molecule has 2 N–H and O–H groups in total. The van der Waals surface area contributed by atoms with Gasteiger partial charge < -0.3 is 19.9 Å². The Labute approximate surface area is 190 Å². The molecule has 170 valence electrons. The fourth-order valence-electron chi connectivity index (χ4n) is 4.40. The largest absolute Gasteiger partial charge is 0.380 e. The van der Waals surface area contributed by atoms with Crippen LogP contribution in [0.1, 0.15) is 23.2 Å². The number of benzene rings is 1. The maximum Gasteiger partial charge on any atom is 0.253 e. The average Bonchev–Trinajstić information content (AvgIpc) is 2.83. The lowest BCUT2D eigenvalue weighted by molar-refractivity contribution is 0.0449. The number of hydrogen-bond donors (Lipinski definition) is 2. The number of likely N-dealkylation sites (tertiary alicyclic amines) is 1. The lowest BCUT2D eigenvalue weighted by Gasteiger charge is -2.32. The van der Waals surface area contributed by atoms with Crippen LogP contribution < -0.4 is 15.5 Å². The molecule has 0 atom stereocenters. The predicted octanol–water partition coefficient (Wildman–Crippen LogP) is 1.99. The molecule has 0 bridgehead atoms. The van der Waals surface area contributed by atoms with Crippen LogP contribution in [0.5, 0.6) is 0 Å². The van der Waals surface area contributed by atoms with Crippen molar-refractivity contribution in [3.8, 4) is 0 Å². The summed E-state index contributed by atoms with van der Waals surface area (Å²) in [6.07, 6.45) is 6.06. The van der Waals surface area contributed by atoms with E-state index in [-0.39, 0.29) is 5.91 Å². The molecule has 4 rings (SSSR count). The van der Waals surface area contributed by atoms with Crippen LogP contribution in [0.2, 0.25) is 5.02 Å². The second-order valence-electron chi connectivity index (χ2n) is 8.54. The van der Waals surface area contributed by atoms with E-state index >= 15 is 0 Å². The molecule has 31 heavy (non-hydrogen) atoms. The molecule has 0 unspecified atom stereocenters. The number of anilines is 1. The number of amides is 1. The van der Waals surface area contributed by atoms with Gasteiger partial charge in [-0.05, 0) is 37.0 Å². The van der Waals surface area contributed by atoms with Crippen LogP contribution in [0, 0.1) is 5.92 Å². The molecule has 1 amide bonds. The predicted molar refractivity (Wildman–Crippen MR) is 125 cm³/mol. The Morgan fingerprint density at radius 2 is 1.94 bits per heavy atom. The van der Waals surface area contributed by atoms with Crippen molar-refractivity contribution in [1.82, 2.24) is 20.4 Å². The fraction of sp³-hybridized carbons (Fsp3) is 0.609. The van der Waals surface area contributed by atoms with Gasteiger partial charge in [0.05, 0.1) is 24.0 Å². The first-order valence-corrected chi connectivity index (χ1v) is 11.8. The zero-order chi connectivity index (χ0) is 21.5. The third kappa shape index (κ3) is 6.20. The van der Waals surface area contributed by atoms with E-state index in [1.165, 1.54) is 0 Å². The van der Waals surface area contributed by atoms with Crippen molar-refractivity contribution in [1.29, 1.82) is 0 Å². The summed E-state index contributed by atoms with van der Waals surface area (Å²) >= 11 is 6.40. The Bertz CT molecular complexity index is 760. The summed E-state index contributed by atoms with van der Waals surface area (Å²) in [5.74, 6) is 0.627. The summed E-state index contributed by atoms with van der Waals surface area (Å²) in [5, 5.41) is 7.31. The zero-order valence-electron chi connectivity index (χ0n) is 18.2. The van der Waals surface area contributed by atoms with Crippen LogP contribution in [0.3, 0.4) is 0 Å². The Kier molecular flexibility index (Phi) is 8.21. The van der Waals surface area contributed by atoms with Gasteiger partial charge in [-0.1, -0.05) is 17.7 Å². The maximum absolute atomic E-state index is 13.1. The third-order valence-electron chi connectivity index (χ3n) is 6.35. The van der Waals surface area contributed by atoms with E-state index in [0.717, 1.165) is 84.1 Å². The first kappa shape index (κ1) is 22.6. The molecule has 1 aromatic rings. The number of rotatable bonds is 7. The van der Waals surface area contributed by atoms with Gasteiger partial charge in [-0.3, -0.25) is 15.0 Å². The van der Waals surface area contributed by atoms with E-state index in [2.05, 4.69) is 15.5 Å². The van der Waals surface area contributed by atoms with Crippen molar-refractivity contribution in [2.45, 2.75) is 12.8 Å². The Balaban J connectivity index is 1.23. The van der Waals surface area contributed by atoms with Gasteiger partial charge in [0.15, 0.2) is 0 Å². The molecule has 0 saturated carbocycles. The van der Waals surface area contributed by atoms with Crippen LogP contribution in [-0.4, -0.2) is 87.9 Å². The second kappa shape index (κ2) is 11.3. The highest BCUT2D eigenvalue weighted by Crippen LogP contribution is 2.29. The maximum atomic E-state index is 13.1. The molecule has 2 fully saturated rings. The lowest BCUT2D eigenvalue weighted by Crippen LogP contribution is -2.44.